The zero-order valence-corrected chi connectivity index (χ0v) is 11.7. The molecule has 0 aliphatic rings. The Kier molecular flexibility index (Phi) is 6.46. The third-order valence-corrected chi connectivity index (χ3v) is 2.69. The average molecular weight is 303 g/mol. The minimum absolute atomic E-state index is 0.0431. The second-order valence-corrected chi connectivity index (χ2v) is 4.04. The third-order valence-electron chi connectivity index (χ3n) is 2.69. The first-order valence-corrected chi connectivity index (χ1v) is 6.27. The summed E-state index contributed by atoms with van der Waals surface area (Å²) in [5.74, 6) is -2.32. The smallest absolute Gasteiger partial charge is 0.442 e. The Morgan fingerprint density at radius 3 is 2.45 bits per heavy atom. The lowest BCUT2D eigenvalue weighted by Crippen LogP contribution is -2.38. The Morgan fingerprint density at radius 2 is 1.95 bits per heavy atom. The van der Waals surface area contributed by atoms with Crippen molar-refractivity contribution in [1.29, 1.82) is 0 Å². The van der Waals surface area contributed by atoms with Gasteiger partial charge < -0.3 is 15.4 Å². The molecule has 0 heterocycles. The molecule has 0 amide bonds. The second kappa shape index (κ2) is 8.33. The minimum Gasteiger partial charge on any atom is -0.457 e. The van der Waals surface area contributed by atoms with E-state index >= 15 is 0 Å². The van der Waals surface area contributed by atoms with E-state index in [0.717, 1.165) is 0 Å². The number of esters is 1. The molecule has 0 saturated carbocycles. The summed E-state index contributed by atoms with van der Waals surface area (Å²) in [7, 11) is 0. The summed E-state index contributed by atoms with van der Waals surface area (Å²) in [6.45, 7) is 1.46. The lowest BCUT2D eigenvalue weighted by atomic mass is 9.97. The number of carbonyl (C=O) groups is 2. The molecule has 9 nitrogen and oxygen atoms in total. The van der Waals surface area contributed by atoms with Crippen molar-refractivity contribution in [1.82, 2.24) is 0 Å². The molecule has 0 aromatic heterocycles. The van der Waals surface area contributed by atoms with Gasteiger partial charge in [0, 0.05) is 4.91 Å². The summed E-state index contributed by atoms with van der Waals surface area (Å²) in [6, 6.07) is 6.28. The van der Waals surface area contributed by atoms with E-state index in [0.29, 0.717) is 5.56 Å². The van der Waals surface area contributed by atoms with Crippen LogP contribution in [0.15, 0.2) is 35.4 Å². The van der Waals surface area contributed by atoms with Crippen LogP contribution in [0.25, 0.3) is 16.0 Å². The van der Waals surface area contributed by atoms with E-state index in [4.69, 9.17) is 11.1 Å². The highest BCUT2D eigenvalue weighted by Gasteiger charge is 2.40. The van der Waals surface area contributed by atoms with Gasteiger partial charge in [-0.1, -0.05) is 35.4 Å². The van der Waals surface area contributed by atoms with Gasteiger partial charge in [0.25, 0.3) is 5.78 Å². The molecule has 1 rings (SSSR count). The number of carbonyl (C=O) groups excluding carboxylic acids is 2. The number of azide groups is 1. The quantitative estimate of drug-likeness (QED) is 0.201. The summed E-state index contributed by atoms with van der Waals surface area (Å²) >= 11 is 0. The zero-order chi connectivity index (χ0) is 16.5. The number of hydrogen-bond donors (Lipinski definition) is 1. The van der Waals surface area contributed by atoms with E-state index in [1.54, 1.807) is 18.2 Å². The first-order chi connectivity index (χ1) is 10.6. The summed E-state index contributed by atoms with van der Waals surface area (Å²) < 4.78 is 4.56. The molecule has 2 atom stereocenters. The largest absolute Gasteiger partial charge is 0.457 e. The van der Waals surface area contributed by atoms with Gasteiger partial charge in [-0.25, -0.2) is 4.79 Å². The molecular formula is C13H13N5O4. The Bertz CT molecular complexity index is 648. The van der Waals surface area contributed by atoms with Gasteiger partial charge in [-0.15, -0.1) is 0 Å². The summed E-state index contributed by atoms with van der Waals surface area (Å²) in [6.07, 6.45) is -1.50. The van der Waals surface area contributed by atoms with Crippen LogP contribution in [-0.4, -0.2) is 40.0 Å². The molecule has 1 aromatic carbocycles. The third kappa shape index (κ3) is 4.00. The van der Waals surface area contributed by atoms with Crippen molar-refractivity contribution in [3.05, 3.63) is 51.9 Å². The molecule has 0 bridgehead atoms. The van der Waals surface area contributed by atoms with Crippen LogP contribution in [0.2, 0.25) is 0 Å². The number of nitrogens with zero attached hydrogens (tertiary/aromatic N) is 5. The zero-order valence-electron chi connectivity index (χ0n) is 11.7. The van der Waals surface area contributed by atoms with Crippen molar-refractivity contribution in [2.24, 2.45) is 5.11 Å². The van der Waals surface area contributed by atoms with Gasteiger partial charge in [0.05, 0.1) is 12.7 Å². The Balaban J connectivity index is 3.14. The predicted octanol–water partition coefficient (Wildman–Crippen LogP) is 1.20. The molecule has 0 unspecified atom stereocenters. The number of hydrogen-bond acceptors (Lipinski definition) is 5. The van der Waals surface area contributed by atoms with Gasteiger partial charge in [0.1, 0.15) is 6.04 Å². The molecule has 0 spiro atoms. The molecule has 22 heavy (non-hydrogen) atoms. The van der Waals surface area contributed by atoms with Crippen LogP contribution in [0.3, 0.4) is 0 Å². The number of benzene rings is 1. The van der Waals surface area contributed by atoms with Crippen molar-refractivity contribution in [2.45, 2.75) is 19.1 Å². The van der Waals surface area contributed by atoms with E-state index in [1.165, 1.54) is 19.1 Å². The Labute approximate surface area is 125 Å². The number of Topliss-reactive ketones (excluding diaryl/α,β-unsaturated/α-hetero) is 1. The fourth-order valence-corrected chi connectivity index (χ4v) is 1.68. The molecule has 0 saturated heterocycles. The normalized spacial score (nSPS) is 12.3. The van der Waals surface area contributed by atoms with Gasteiger partial charge in [-0.2, -0.15) is 4.79 Å². The Morgan fingerprint density at radius 1 is 1.32 bits per heavy atom. The number of aliphatic hydroxyl groups excluding tert-OH is 1. The van der Waals surface area contributed by atoms with Crippen molar-refractivity contribution in [3.8, 4) is 0 Å². The van der Waals surface area contributed by atoms with Crippen molar-refractivity contribution < 1.29 is 24.2 Å². The summed E-state index contributed by atoms with van der Waals surface area (Å²) in [4.78, 5) is 28.8. The molecule has 0 radical (unpaired) electrons. The summed E-state index contributed by atoms with van der Waals surface area (Å²) in [5.41, 5.74) is 16.7. The molecular weight excluding hydrogens is 290 g/mol. The van der Waals surface area contributed by atoms with Crippen LogP contribution < -0.4 is 0 Å². The van der Waals surface area contributed by atoms with Crippen LogP contribution in [0, 0.1) is 0 Å². The van der Waals surface area contributed by atoms with Crippen LogP contribution in [0.4, 0.5) is 0 Å². The lowest BCUT2D eigenvalue weighted by molar-refractivity contribution is -0.142. The average Bonchev–Trinajstić information content (AvgIpc) is 2.53. The van der Waals surface area contributed by atoms with Gasteiger partial charge in [0.15, 0.2) is 0 Å². The number of aliphatic hydroxyl groups is 1. The molecule has 114 valence electrons. The predicted molar refractivity (Wildman–Crippen MR) is 74.6 cm³/mol. The Hall–Kier alpha value is -2.99. The minimum atomic E-state index is -1.66. The molecule has 0 aliphatic carbocycles. The van der Waals surface area contributed by atoms with Gasteiger partial charge in [0.2, 0.25) is 0 Å². The molecule has 1 N–H and O–H groups in total. The monoisotopic (exact) mass is 303 g/mol. The van der Waals surface area contributed by atoms with Crippen molar-refractivity contribution >= 4 is 17.5 Å². The van der Waals surface area contributed by atoms with E-state index in [2.05, 4.69) is 19.6 Å². The topological polar surface area (TPSA) is 149 Å². The SMILES string of the molecule is CCOC(=O)C(=[N+]=[N-])C(=O)[C@H](N=[N+]=[N-])[C@@H](O)c1ccccc1. The molecule has 0 aliphatic heterocycles. The van der Waals surface area contributed by atoms with Gasteiger partial charge in [-0.05, 0) is 18.0 Å². The van der Waals surface area contributed by atoms with Crippen LogP contribution >= 0.6 is 0 Å². The number of rotatable bonds is 7. The number of ketones is 1. The fourth-order valence-electron chi connectivity index (χ4n) is 1.68. The maximum atomic E-state index is 12.2. The van der Waals surface area contributed by atoms with Crippen LogP contribution in [0.1, 0.15) is 18.6 Å². The maximum absolute atomic E-state index is 12.2. The van der Waals surface area contributed by atoms with Crippen LogP contribution in [-0.2, 0) is 14.3 Å². The highest BCUT2D eigenvalue weighted by Crippen LogP contribution is 2.20. The molecule has 0 fully saturated rings. The van der Waals surface area contributed by atoms with E-state index < -0.39 is 29.6 Å². The highest BCUT2D eigenvalue weighted by atomic mass is 16.5. The first-order valence-electron chi connectivity index (χ1n) is 6.27. The highest BCUT2D eigenvalue weighted by molar-refractivity contribution is 6.63. The fraction of sp³-hybridized carbons (Fsp3) is 0.308. The van der Waals surface area contributed by atoms with Gasteiger partial charge in [-0.3, -0.25) is 4.79 Å². The molecule has 1 aromatic rings. The van der Waals surface area contributed by atoms with E-state index in [1.807, 2.05) is 0 Å². The lowest BCUT2D eigenvalue weighted by Gasteiger charge is -2.15. The van der Waals surface area contributed by atoms with Crippen LogP contribution in [0.5, 0.6) is 0 Å². The van der Waals surface area contributed by atoms with E-state index in [9.17, 15) is 14.7 Å². The maximum Gasteiger partial charge on any atom is 0.442 e. The van der Waals surface area contributed by atoms with Crippen molar-refractivity contribution in [3.63, 3.8) is 0 Å². The standard InChI is InChI=1S/C13H13N5O4/c1-2-22-13(21)10(16-14)12(20)9(17-18-15)11(19)8-6-4-3-5-7-8/h3-7,9,11,19H,2H2,1H3/t9-,11+/m1/s1. The second-order valence-electron chi connectivity index (χ2n) is 4.04. The van der Waals surface area contributed by atoms with Gasteiger partial charge >= 0.3 is 11.7 Å². The first kappa shape index (κ1) is 17.1. The van der Waals surface area contributed by atoms with E-state index in [-0.39, 0.29) is 6.61 Å². The molecule has 9 heteroatoms. The van der Waals surface area contributed by atoms with Crippen molar-refractivity contribution in [2.75, 3.05) is 6.61 Å². The summed E-state index contributed by atoms with van der Waals surface area (Å²) in [5, 5.41) is 13.4. The number of ether oxygens (including phenoxy) is 1.